The van der Waals surface area contributed by atoms with E-state index in [0.29, 0.717) is 29.4 Å². The summed E-state index contributed by atoms with van der Waals surface area (Å²) in [4.78, 5) is 35.2. The molecule has 1 amide bonds. The molecule has 0 radical (unpaired) electrons. The van der Waals surface area contributed by atoms with Crippen LogP contribution >= 0.6 is 0 Å². The van der Waals surface area contributed by atoms with Gasteiger partial charge in [-0.05, 0) is 47.6 Å². The number of hydrogen-bond acceptors (Lipinski definition) is 10. The summed E-state index contributed by atoms with van der Waals surface area (Å²) < 4.78 is 38.0. The standard InChI is InChI=1S/C26H33FN6O6/c1-7-36-24(34)19-11-30-33-13-20-22(31-21(19)33)32(15(2)14-37-20)12-17-8-18(27)10-28-23(17)38-16(3)9-29-25(35)39-26(4,5)6/h8,10-11,13,15-16H,7,9,12,14H2,1-6H3,(H,29,35)/t15-,16+/m1/s1. The average molecular weight is 545 g/mol. The van der Waals surface area contributed by atoms with E-state index in [4.69, 9.17) is 18.9 Å². The summed E-state index contributed by atoms with van der Waals surface area (Å²) in [6, 6.07) is 1.20. The molecule has 13 heteroatoms. The first-order chi connectivity index (χ1) is 18.4. The second-order valence-corrected chi connectivity index (χ2v) is 10.2. The topological polar surface area (TPSA) is 129 Å². The van der Waals surface area contributed by atoms with Gasteiger partial charge >= 0.3 is 12.1 Å². The third-order valence-electron chi connectivity index (χ3n) is 5.70. The smallest absolute Gasteiger partial charge is 0.407 e. The van der Waals surface area contributed by atoms with Gasteiger partial charge in [-0.2, -0.15) is 5.10 Å². The van der Waals surface area contributed by atoms with Gasteiger partial charge in [0, 0.05) is 5.56 Å². The van der Waals surface area contributed by atoms with Gasteiger partial charge in [0.2, 0.25) is 5.88 Å². The van der Waals surface area contributed by atoms with E-state index in [9.17, 15) is 14.0 Å². The lowest BCUT2D eigenvalue weighted by molar-refractivity contribution is 0.0500. The molecule has 0 saturated carbocycles. The lowest BCUT2D eigenvalue weighted by Crippen LogP contribution is -2.41. The third-order valence-corrected chi connectivity index (χ3v) is 5.70. The fourth-order valence-electron chi connectivity index (χ4n) is 3.93. The number of nitrogens with one attached hydrogen (secondary N) is 1. The summed E-state index contributed by atoms with van der Waals surface area (Å²) in [5.41, 5.74) is 0.379. The van der Waals surface area contributed by atoms with Gasteiger partial charge in [0.1, 0.15) is 29.7 Å². The average Bonchev–Trinajstić information content (AvgIpc) is 3.27. The molecule has 1 aliphatic rings. The predicted molar refractivity (Wildman–Crippen MR) is 139 cm³/mol. The van der Waals surface area contributed by atoms with Crippen molar-refractivity contribution in [3.05, 3.63) is 41.6 Å². The molecule has 0 aliphatic carbocycles. The maximum absolute atomic E-state index is 14.3. The zero-order valence-corrected chi connectivity index (χ0v) is 22.9. The van der Waals surface area contributed by atoms with Gasteiger partial charge in [0.15, 0.2) is 17.2 Å². The molecule has 1 aliphatic heterocycles. The van der Waals surface area contributed by atoms with Gasteiger partial charge in [-0.1, -0.05) is 0 Å². The normalized spacial score (nSPS) is 15.8. The fraction of sp³-hybridized carbons (Fsp3) is 0.500. The zero-order valence-electron chi connectivity index (χ0n) is 22.9. The van der Waals surface area contributed by atoms with Crippen molar-refractivity contribution in [2.24, 2.45) is 0 Å². The first-order valence-electron chi connectivity index (χ1n) is 12.7. The van der Waals surface area contributed by atoms with E-state index in [2.05, 4.69) is 20.4 Å². The van der Waals surface area contributed by atoms with Crippen LogP contribution in [-0.2, 0) is 16.0 Å². The zero-order chi connectivity index (χ0) is 28.3. The highest BCUT2D eigenvalue weighted by Gasteiger charge is 2.30. The second kappa shape index (κ2) is 11.3. The largest absolute Gasteiger partial charge is 0.486 e. The van der Waals surface area contributed by atoms with E-state index in [1.165, 1.54) is 16.8 Å². The van der Waals surface area contributed by atoms with E-state index < -0.39 is 29.6 Å². The minimum atomic E-state index is -0.626. The predicted octanol–water partition coefficient (Wildman–Crippen LogP) is 3.52. The lowest BCUT2D eigenvalue weighted by atomic mass is 10.2. The summed E-state index contributed by atoms with van der Waals surface area (Å²) >= 11 is 0. The van der Waals surface area contributed by atoms with Crippen LogP contribution in [0.4, 0.5) is 15.0 Å². The van der Waals surface area contributed by atoms with Crippen LogP contribution in [0.25, 0.3) is 5.65 Å². The Balaban J connectivity index is 1.57. The minimum Gasteiger partial charge on any atom is -0.486 e. The summed E-state index contributed by atoms with van der Waals surface area (Å²) in [6.45, 7) is 11.7. The molecule has 12 nitrogen and oxygen atoms in total. The molecule has 2 atom stereocenters. The van der Waals surface area contributed by atoms with Crippen molar-refractivity contribution in [3.63, 3.8) is 0 Å². The van der Waals surface area contributed by atoms with E-state index in [1.54, 1.807) is 40.8 Å². The molecule has 0 fully saturated rings. The molecule has 0 saturated heterocycles. The number of amides is 1. The molecule has 39 heavy (non-hydrogen) atoms. The first-order valence-corrected chi connectivity index (χ1v) is 12.7. The van der Waals surface area contributed by atoms with E-state index >= 15 is 0 Å². The lowest BCUT2D eigenvalue weighted by Gasteiger charge is -2.36. The number of pyridine rings is 1. The third kappa shape index (κ3) is 6.65. The number of fused-ring (bicyclic) bond motifs is 2. The van der Waals surface area contributed by atoms with Crippen LogP contribution in [0.15, 0.2) is 24.7 Å². The van der Waals surface area contributed by atoms with E-state index in [1.807, 2.05) is 11.8 Å². The van der Waals surface area contributed by atoms with Crippen LogP contribution in [0.2, 0.25) is 0 Å². The Kier molecular flexibility index (Phi) is 8.07. The molecule has 4 rings (SSSR count). The molecule has 0 bridgehead atoms. The van der Waals surface area contributed by atoms with Crippen LogP contribution < -0.4 is 19.7 Å². The summed E-state index contributed by atoms with van der Waals surface area (Å²) in [7, 11) is 0. The number of hydrogen-bond donors (Lipinski definition) is 1. The molecule has 4 heterocycles. The van der Waals surface area contributed by atoms with E-state index in [0.717, 1.165) is 6.20 Å². The number of ether oxygens (including phenoxy) is 4. The maximum Gasteiger partial charge on any atom is 0.407 e. The van der Waals surface area contributed by atoms with Crippen molar-refractivity contribution >= 4 is 23.5 Å². The number of carbonyl (C=O) groups excluding carboxylic acids is 2. The highest BCUT2D eigenvalue weighted by Crippen LogP contribution is 2.35. The van der Waals surface area contributed by atoms with Crippen LogP contribution in [0.5, 0.6) is 11.6 Å². The Hall–Kier alpha value is -4.16. The van der Waals surface area contributed by atoms with Crippen LogP contribution in [-0.4, -0.2) is 69.1 Å². The van der Waals surface area contributed by atoms with Crippen molar-refractivity contribution in [1.29, 1.82) is 0 Å². The number of halogens is 1. The molecule has 0 aromatic carbocycles. The van der Waals surface area contributed by atoms with Crippen molar-refractivity contribution in [1.82, 2.24) is 24.9 Å². The molecule has 1 N–H and O–H groups in total. The number of rotatable bonds is 8. The number of anilines is 1. The van der Waals surface area contributed by atoms with Crippen molar-refractivity contribution in [2.75, 3.05) is 24.7 Å². The molecule has 3 aromatic heterocycles. The molecule has 3 aromatic rings. The summed E-state index contributed by atoms with van der Waals surface area (Å²) in [5, 5.41) is 6.86. The van der Waals surface area contributed by atoms with Crippen LogP contribution in [0.3, 0.4) is 0 Å². The number of alkyl carbamates (subject to hydrolysis) is 1. The van der Waals surface area contributed by atoms with Gasteiger partial charge in [0.05, 0.1) is 44.3 Å². The number of esters is 1. The summed E-state index contributed by atoms with van der Waals surface area (Å²) in [6.07, 6.45) is 3.06. The fourth-order valence-corrected chi connectivity index (χ4v) is 3.93. The van der Waals surface area contributed by atoms with Gasteiger partial charge in [-0.15, -0.1) is 0 Å². The molecule has 0 spiro atoms. The van der Waals surface area contributed by atoms with Gasteiger partial charge < -0.3 is 29.2 Å². The van der Waals surface area contributed by atoms with Gasteiger partial charge in [-0.25, -0.2) is 28.5 Å². The Morgan fingerprint density at radius 1 is 1.31 bits per heavy atom. The molecule has 0 unspecified atom stereocenters. The SMILES string of the molecule is CCOC(=O)c1cnn2cc3c(nc12)N(Cc1cc(F)cnc1O[C@@H](C)CNC(=O)OC(C)(C)C)[C@H](C)CO3. The molecular weight excluding hydrogens is 511 g/mol. The van der Waals surface area contributed by atoms with Gasteiger partial charge in [0.25, 0.3) is 0 Å². The second-order valence-electron chi connectivity index (χ2n) is 10.2. The Morgan fingerprint density at radius 2 is 2.08 bits per heavy atom. The van der Waals surface area contributed by atoms with Crippen LogP contribution in [0, 0.1) is 5.82 Å². The number of nitrogens with zero attached hydrogens (tertiary/aromatic N) is 5. The summed E-state index contributed by atoms with van der Waals surface area (Å²) in [5.74, 6) is 0.0767. The Labute approximate surface area is 225 Å². The van der Waals surface area contributed by atoms with Crippen molar-refractivity contribution in [2.45, 2.75) is 65.8 Å². The Morgan fingerprint density at radius 3 is 2.79 bits per heavy atom. The van der Waals surface area contributed by atoms with Crippen molar-refractivity contribution in [3.8, 4) is 11.6 Å². The van der Waals surface area contributed by atoms with E-state index in [-0.39, 0.29) is 37.2 Å². The highest BCUT2D eigenvalue weighted by atomic mass is 19.1. The number of carbonyl (C=O) groups is 2. The van der Waals surface area contributed by atoms with Crippen molar-refractivity contribution < 1.29 is 32.9 Å². The number of aromatic nitrogens is 4. The molecule has 210 valence electrons. The minimum absolute atomic E-state index is 0.149. The van der Waals surface area contributed by atoms with Crippen LogP contribution in [0.1, 0.15) is 57.5 Å². The molecular formula is C26H33FN6O6. The first kappa shape index (κ1) is 27.9. The maximum atomic E-state index is 14.3. The highest BCUT2D eigenvalue weighted by molar-refractivity contribution is 5.96. The Bertz CT molecular complexity index is 1360. The van der Waals surface area contributed by atoms with Gasteiger partial charge in [-0.3, -0.25) is 0 Å². The quantitative estimate of drug-likeness (QED) is 0.421. The monoisotopic (exact) mass is 544 g/mol.